The summed E-state index contributed by atoms with van der Waals surface area (Å²) in [7, 11) is 1.88. The van der Waals surface area contributed by atoms with Gasteiger partial charge in [0.25, 0.3) is 0 Å². The molecular formula is C21H37IN6. The van der Waals surface area contributed by atoms with Crippen molar-refractivity contribution in [2.45, 2.75) is 89.6 Å². The Bertz CT molecular complexity index is 643. The number of fused-ring (bicyclic) bond motifs is 2. The smallest absolute Gasteiger partial charge is 0.191 e. The molecule has 2 N–H and O–H groups in total. The largest absolute Gasteiger partial charge is 0.356 e. The molecule has 2 aliphatic carbocycles. The van der Waals surface area contributed by atoms with Crippen molar-refractivity contribution in [3.63, 3.8) is 0 Å². The van der Waals surface area contributed by atoms with E-state index < -0.39 is 0 Å². The van der Waals surface area contributed by atoms with Crippen LogP contribution >= 0.6 is 24.0 Å². The fourth-order valence-corrected chi connectivity index (χ4v) is 5.42. The minimum absolute atomic E-state index is 0. The second-order valence-corrected chi connectivity index (χ2v) is 8.70. The Morgan fingerprint density at radius 1 is 1.04 bits per heavy atom. The molecule has 0 radical (unpaired) electrons. The Balaban J connectivity index is 0.00000225. The Morgan fingerprint density at radius 2 is 1.89 bits per heavy atom. The number of nitrogens with one attached hydrogen (secondary N) is 2. The van der Waals surface area contributed by atoms with Gasteiger partial charge in [0.2, 0.25) is 0 Å². The molecule has 0 spiro atoms. The highest BCUT2D eigenvalue weighted by Crippen LogP contribution is 2.40. The third-order valence-corrected chi connectivity index (χ3v) is 6.93. The fraction of sp³-hybridized carbons (Fsp3) is 0.857. The standard InChI is InChI=1S/C21H36N6.HI/c1-22-21(24-18-11-10-16-7-4-5-8-17(16)15-18)23-13-12-20-26-25-19-9-3-2-6-14-27(19)20;/h16-18H,2-15H2,1H3,(H2,22,23,24);1H. The highest BCUT2D eigenvalue weighted by molar-refractivity contribution is 14.0. The van der Waals surface area contributed by atoms with Gasteiger partial charge in [0.15, 0.2) is 5.96 Å². The molecule has 1 aliphatic heterocycles. The van der Waals surface area contributed by atoms with Gasteiger partial charge < -0.3 is 15.2 Å². The Labute approximate surface area is 186 Å². The number of hydrogen-bond acceptors (Lipinski definition) is 3. The quantitative estimate of drug-likeness (QED) is 0.376. The Morgan fingerprint density at radius 3 is 2.75 bits per heavy atom. The van der Waals surface area contributed by atoms with Gasteiger partial charge in [-0.15, -0.1) is 34.2 Å². The van der Waals surface area contributed by atoms with Gasteiger partial charge in [-0.25, -0.2) is 0 Å². The molecular weight excluding hydrogens is 463 g/mol. The van der Waals surface area contributed by atoms with E-state index in [4.69, 9.17) is 0 Å². The first-order valence-corrected chi connectivity index (χ1v) is 11.2. The lowest BCUT2D eigenvalue weighted by Gasteiger charge is -2.39. The molecule has 0 amide bonds. The zero-order valence-electron chi connectivity index (χ0n) is 17.3. The van der Waals surface area contributed by atoms with Crippen LogP contribution in [0.4, 0.5) is 0 Å². The number of halogens is 1. The van der Waals surface area contributed by atoms with Crippen molar-refractivity contribution in [3.8, 4) is 0 Å². The maximum Gasteiger partial charge on any atom is 0.191 e. The SMILES string of the molecule is CN=C(NCCc1nnc2n1CCCCC2)NC1CCC2CCCCC2C1.I. The lowest BCUT2D eigenvalue weighted by molar-refractivity contribution is 0.150. The predicted octanol–water partition coefficient (Wildman–Crippen LogP) is 3.69. The van der Waals surface area contributed by atoms with Gasteiger partial charge in [0, 0.05) is 39.0 Å². The van der Waals surface area contributed by atoms with E-state index in [0.29, 0.717) is 6.04 Å². The second kappa shape index (κ2) is 10.8. The highest BCUT2D eigenvalue weighted by atomic mass is 127. The summed E-state index contributed by atoms with van der Waals surface area (Å²) < 4.78 is 2.34. The number of nitrogens with zero attached hydrogens (tertiary/aromatic N) is 4. The van der Waals surface area contributed by atoms with E-state index in [0.717, 1.165) is 49.6 Å². The topological polar surface area (TPSA) is 67.1 Å². The van der Waals surface area contributed by atoms with Gasteiger partial charge in [-0.1, -0.05) is 32.1 Å². The lowest BCUT2D eigenvalue weighted by Crippen LogP contribution is -2.47. The average Bonchev–Trinajstić information content (AvgIpc) is 2.93. The summed E-state index contributed by atoms with van der Waals surface area (Å²) in [4.78, 5) is 4.46. The van der Waals surface area contributed by atoms with Crippen molar-refractivity contribution in [1.29, 1.82) is 0 Å². The van der Waals surface area contributed by atoms with E-state index in [1.54, 1.807) is 0 Å². The van der Waals surface area contributed by atoms with Crippen molar-refractivity contribution in [3.05, 3.63) is 11.6 Å². The molecule has 1 aromatic rings. The number of aliphatic imine (C=N–C) groups is 1. The van der Waals surface area contributed by atoms with Gasteiger partial charge in [-0.05, 0) is 43.9 Å². The Kier molecular flexibility index (Phi) is 8.41. The average molecular weight is 500 g/mol. The monoisotopic (exact) mass is 500 g/mol. The molecule has 1 aromatic heterocycles. The summed E-state index contributed by atoms with van der Waals surface area (Å²) in [5.41, 5.74) is 0. The zero-order chi connectivity index (χ0) is 18.5. The third-order valence-electron chi connectivity index (χ3n) is 6.93. The summed E-state index contributed by atoms with van der Waals surface area (Å²) in [6, 6.07) is 0.583. The van der Waals surface area contributed by atoms with Crippen LogP contribution in [0.2, 0.25) is 0 Å². The molecule has 3 atom stereocenters. The van der Waals surface area contributed by atoms with Gasteiger partial charge in [0.1, 0.15) is 11.6 Å². The van der Waals surface area contributed by atoms with E-state index in [2.05, 4.69) is 30.4 Å². The first-order valence-electron chi connectivity index (χ1n) is 11.2. The van der Waals surface area contributed by atoms with Gasteiger partial charge in [-0.3, -0.25) is 4.99 Å². The highest BCUT2D eigenvalue weighted by Gasteiger charge is 2.32. The second-order valence-electron chi connectivity index (χ2n) is 8.70. The number of hydrogen-bond donors (Lipinski definition) is 2. The molecule has 3 unspecified atom stereocenters. The third kappa shape index (κ3) is 5.39. The first kappa shape index (κ1) is 21.8. The van der Waals surface area contributed by atoms with Crippen LogP contribution in [-0.2, 0) is 19.4 Å². The van der Waals surface area contributed by atoms with Gasteiger partial charge in [0.05, 0.1) is 0 Å². The lowest BCUT2D eigenvalue weighted by atomic mass is 9.69. The van der Waals surface area contributed by atoms with Gasteiger partial charge >= 0.3 is 0 Å². The molecule has 4 rings (SSSR count). The molecule has 3 aliphatic rings. The normalized spacial score (nSPS) is 27.8. The predicted molar refractivity (Wildman–Crippen MR) is 124 cm³/mol. The first-order chi connectivity index (χ1) is 13.3. The van der Waals surface area contributed by atoms with Crippen molar-refractivity contribution in [1.82, 2.24) is 25.4 Å². The van der Waals surface area contributed by atoms with Crippen LogP contribution in [0.25, 0.3) is 0 Å². The maximum absolute atomic E-state index is 4.46. The van der Waals surface area contributed by atoms with Crippen LogP contribution in [0, 0.1) is 11.8 Å². The van der Waals surface area contributed by atoms with Crippen molar-refractivity contribution in [2.24, 2.45) is 16.8 Å². The summed E-state index contributed by atoms with van der Waals surface area (Å²) in [6.45, 7) is 1.94. The van der Waals surface area contributed by atoms with E-state index in [1.165, 1.54) is 70.0 Å². The summed E-state index contributed by atoms with van der Waals surface area (Å²) in [5, 5.41) is 16.0. The van der Waals surface area contributed by atoms with E-state index in [-0.39, 0.29) is 24.0 Å². The van der Waals surface area contributed by atoms with E-state index in [9.17, 15) is 0 Å². The van der Waals surface area contributed by atoms with Crippen LogP contribution in [-0.4, -0.2) is 40.4 Å². The molecule has 2 saturated carbocycles. The van der Waals surface area contributed by atoms with Crippen molar-refractivity contribution in [2.75, 3.05) is 13.6 Å². The molecule has 158 valence electrons. The maximum atomic E-state index is 4.46. The molecule has 0 bridgehead atoms. The summed E-state index contributed by atoms with van der Waals surface area (Å²) in [5.74, 6) is 5.18. The van der Waals surface area contributed by atoms with Crippen LogP contribution in [0.1, 0.15) is 75.9 Å². The number of rotatable bonds is 4. The van der Waals surface area contributed by atoms with Crippen LogP contribution in [0.3, 0.4) is 0 Å². The summed E-state index contributed by atoms with van der Waals surface area (Å²) >= 11 is 0. The Hall–Kier alpha value is -0.860. The van der Waals surface area contributed by atoms with E-state index >= 15 is 0 Å². The molecule has 7 heteroatoms. The molecule has 28 heavy (non-hydrogen) atoms. The minimum Gasteiger partial charge on any atom is -0.356 e. The van der Waals surface area contributed by atoms with Crippen molar-refractivity contribution >= 4 is 29.9 Å². The van der Waals surface area contributed by atoms with E-state index in [1.807, 2.05) is 7.05 Å². The molecule has 0 saturated heterocycles. The number of guanidine groups is 1. The minimum atomic E-state index is 0. The van der Waals surface area contributed by atoms with Crippen molar-refractivity contribution < 1.29 is 0 Å². The van der Waals surface area contributed by atoms with Crippen LogP contribution < -0.4 is 10.6 Å². The molecule has 2 heterocycles. The molecule has 6 nitrogen and oxygen atoms in total. The fourth-order valence-electron chi connectivity index (χ4n) is 5.42. The van der Waals surface area contributed by atoms with Crippen LogP contribution in [0.15, 0.2) is 4.99 Å². The molecule has 2 fully saturated rings. The zero-order valence-corrected chi connectivity index (χ0v) is 19.7. The number of aryl methyl sites for hydroxylation is 1. The number of aromatic nitrogens is 3. The van der Waals surface area contributed by atoms with Crippen LogP contribution in [0.5, 0.6) is 0 Å². The van der Waals surface area contributed by atoms with Gasteiger partial charge in [-0.2, -0.15) is 0 Å². The molecule has 0 aromatic carbocycles. The summed E-state index contributed by atoms with van der Waals surface area (Å²) in [6.07, 6.45) is 15.6.